The van der Waals surface area contributed by atoms with Crippen LogP contribution in [-0.4, -0.2) is 241 Å². The SMILES string of the molecule is COc1cc(C(=O)NC2CCN(C)CC2)ccc1Nc1ncc2c(n1)N(C1CCCC1)CC(F)(F)C(=O)N2C.COc1cc(C(=O)O)ccc1Nc1ncc2c(n1)N(C1CCCC1)CC(F)(F)C(=O)N2C.COc1cc(C(C)=O)ccc1Nc1ncc2c(n1)N(C1CCCC1)CC(F)(F)C(=O)N2C.Cc1ncc2c(n1)N(C1CCCC1)CC(F)(F)C(=O)N2C. The summed E-state index contributed by atoms with van der Waals surface area (Å²) in [5.74, 6) is -17.1. The van der Waals surface area contributed by atoms with Gasteiger partial charge >= 0.3 is 29.7 Å². The van der Waals surface area contributed by atoms with Crippen LogP contribution >= 0.6 is 0 Å². The van der Waals surface area contributed by atoms with E-state index in [0.29, 0.717) is 68.7 Å². The molecule has 9 aliphatic rings. The van der Waals surface area contributed by atoms with Crippen LogP contribution in [0, 0.1) is 6.92 Å². The fraction of sp³-hybridized carbons (Fsp3) is 0.512. The van der Waals surface area contributed by atoms with E-state index in [2.05, 4.69) is 73.1 Å². The number of aromatic carboxylic acids is 1. The van der Waals surface area contributed by atoms with Crippen LogP contribution in [0.4, 0.5) is 116 Å². The normalized spacial score (nSPS) is 19.7. The summed E-state index contributed by atoms with van der Waals surface area (Å²) in [7, 11) is 11.7. The first-order chi connectivity index (χ1) is 59.0. The number of aromatic nitrogens is 8. The number of rotatable bonds is 17. The molecule has 5 aliphatic heterocycles. The van der Waals surface area contributed by atoms with Gasteiger partial charge in [-0.1, -0.05) is 51.4 Å². The molecule has 7 aromatic rings. The summed E-state index contributed by atoms with van der Waals surface area (Å²) in [5.41, 5.74) is 3.49. The van der Waals surface area contributed by atoms with Crippen molar-refractivity contribution in [1.82, 2.24) is 50.1 Å². The molecule has 0 unspecified atom stereocenters. The van der Waals surface area contributed by atoms with Crippen molar-refractivity contribution in [3.05, 3.63) is 102 Å². The molecule has 1 saturated heterocycles. The summed E-state index contributed by atoms with van der Waals surface area (Å²) in [6.45, 7) is 2.26. The number of carboxylic acid groups (broad SMARTS) is 1. The van der Waals surface area contributed by atoms with Gasteiger partial charge in [0.2, 0.25) is 17.8 Å². The zero-order chi connectivity index (χ0) is 89.0. The number of hydrogen-bond donors (Lipinski definition) is 5. The lowest BCUT2D eigenvalue weighted by molar-refractivity contribution is -0.141. The maximum Gasteiger partial charge on any atom is 0.342 e. The number of nitrogens with one attached hydrogen (secondary N) is 4. The van der Waals surface area contributed by atoms with Gasteiger partial charge in [-0.2, -0.15) is 50.1 Å². The van der Waals surface area contributed by atoms with Gasteiger partial charge in [-0.3, -0.25) is 28.8 Å². The Morgan fingerprint density at radius 2 is 0.694 bits per heavy atom. The number of benzene rings is 3. The maximum absolute atomic E-state index is 14.8. The summed E-state index contributed by atoms with van der Waals surface area (Å²) < 4.78 is 133. The first-order valence-corrected chi connectivity index (χ1v) is 41.2. The number of fused-ring (bicyclic) bond motifs is 4. The van der Waals surface area contributed by atoms with Gasteiger partial charge in [0.25, 0.3) is 29.5 Å². The van der Waals surface area contributed by atoms with Gasteiger partial charge in [0.1, 0.15) is 45.8 Å². The highest BCUT2D eigenvalue weighted by Gasteiger charge is 2.53. The molecule has 9 heterocycles. The minimum absolute atomic E-state index is 0.0169. The number of halogens is 8. The summed E-state index contributed by atoms with van der Waals surface area (Å²) in [5, 5.41) is 21.4. The third kappa shape index (κ3) is 19.4. The third-order valence-corrected chi connectivity index (χ3v) is 24.0. The molecule has 664 valence electrons. The smallest absolute Gasteiger partial charge is 0.342 e. The molecule has 3 aromatic carbocycles. The number of methoxy groups -OCH3 is 3. The van der Waals surface area contributed by atoms with E-state index in [1.54, 1.807) is 58.0 Å². The van der Waals surface area contributed by atoms with Crippen LogP contribution < -0.4 is 74.7 Å². The van der Waals surface area contributed by atoms with Crippen LogP contribution in [0.2, 0.25) is 0 Å². The number of alkyl halides is 8. The Bertz CT molecular complexity index is 4980. The first-order valence-electron chi connectivity index (χ1n) is 41.2. The molecule has 124 heavy (non-hydrogen) atoms. The number of ether oxygens (including phenoxy) is 3. The average molecular weight is 1730 g/mol. The highest BCUT2D eigenvalue weighted by atomic mass is 19.3. The average Bonchev–Trinajstić information content (AvgIpc) is 1.62. The lowest BCUT2D eigenvalue weighted by Crippen LogP contribution is -2.48. The number of ketones is 1. The Labute approximate surface area is 710 Å². The molecule has 0 bridgehead atoms. The van der Waals surface area contributed by atoms with E-state index in [0.717, 1.165) is 148 Å². The van der Waals surface area contributed by atoms with Gasteiger partial charge in [-0.25, -0.2) is 29.7 Å². The molecule has 5 N–H and O–H groups in total. The summed E-state index contributed by atoms with van der Waals surface area (Å²) in [6.07, 6.45) is 21.3. The van der Waals surface area contributed by atoms with Gasteiger partial charge < -0.3 is 84.7 Å². The largest absolute Gasteiger partial charge is 0.495 e. The van der Waals surface area contributed by atoms with E-state index in [1.807, 2.05) is 0 Å². The molecule has 0 radical (unpaired) electrons. The number of nitrogens with zero attached hydrogens (tertiary/aromatic N) is 17. The molecule has 5 amide bonds. The Morgan fingerprint density at radius 1 is 0.411 bits per heavy atom. The minimum atomic E-state index is -3.55. The number of carbonyl (C=O) groups excluding carboxylic acids is 6. The lowest BCUT2D eigenvalue weighted by Gasteiger charge is -2.31. The van der Waals surface area contributed by atoms with Crippen LogP contribution in [0.5, 0.6) is 17.2 Å². The molecule has 5 fully saturated rings. The van der Waals surface area contributed by atoms with Gasteiger partial charge in [0, 0.05) is 69.5 Å². The fourth-order valence-electron chi connectivity index (χ4n) is 17.1. The van der Waals surface area contributed by atoms with Crippen molar-refractivity contribution >= 4 is 122 Å². The van der Waals surface area contributed by atoms with Crippen LogP contribution in [0.1, 0.15) is 159 Å². The third-order valence-electron chi connectivity index (χ3n) is 24.0. The molecule has 4 aromatic heterocycles. The Hall–Kier alpha value is -12.1. The van der Waals surface area contributed by atoms with Crippen molar-refractivity contribution in [2.24, 2.45) is 0 Å². The van der Waals surface area contributed by atoms with Crippen LogP contribution in [0.25, 0.3) is 0 Å². The number of Topliss-reactive ketones (excluding diaryl/α,β-unsaturated/α-hetero) is 1. The molecule has 16 rings (SSSR count). The molecule has 32 nitrogen and oxygen atoms in total. The predicted molar refractivity (Wildman–Crippen MR) is 448 cm³/mol. The number of anilines is 14. The van der Waals surface area contributed by atoms with E-state index in [1.165, 1.54) is 104 Å². The standard InChI is InChI=1S/C27H35F2N7O3.C22H25F2N5O3.C21H23F2N5O4.C14H18F2N4O/c1-34-12-10-18(11-13-34)31-24(37)17-8-9-20(22(14-17)39-3)32-26-30-15-21-23(33-26)36(19-6-4-5-7-19)16-27(28,29)25(38)35(21)2;1-13(30)14-8-9-16(18(10-14)32-3)26-21-25-11-17-19(27-21)29(15-6-4-5-7-15)12-22(23,24)20(31)28(17)2;1-27-15-10-24-20(25-14-8-7-12(18(29)30)9-16(14)32-2)26-17(15)28(13-5-3-4-6-13)11-21(22,23)19(27)31;1-9-17-7-11-12(18-9)20(10-5-3-4-6-10)8-14(15,16)13(21)19(11)2/h8-9,14-15,18-19H,4-7,10-13,16H2,1-3H3,(H,31,37)(H,30,32,33);8-11,15H,4-7,12H2,1-3H3,(H,25,26,27);7-10,13H,3-6,11H2,1-2H3,(H,29,30)(H,24,25,26);7,10H,3-6,8H2,1-2H3. The number of carbonyl (C=O) groups is 7. The Morgan fingerprint density at radius 3 is 1.00 bits per heavy atom. The number of aryl methyl sites for hydroxylation is 1. The lowest BCUT2D eigenvalue weighted by atomic mass is 10.0. The predicted octanol–water partition coefficient (Wildman–Crippen LogP) is 12.6. The van der Waals surface area contributed by atoms with E-state index in [9.17, 15) is 68.7 Å². The van der Waals surface area contributed by atoms with Crippen molar-refractivity contribution in [3.8, 4) is 17.2 Å². The minimum Gasteiger partial charge on any atom is -0.495 e. The van der Waals surface area contributed by atoms with Crippen LogP contribution in [0.15, 0.2) is 79.4 Å². The van der Waals surface area contributed by atoms with E-state index < -0.39 is 79.5 Å². The van der Waals surface area contributed by atoms with Gasteiger partial charge in [0.15, 0.2) is 29.1 Å². The van der Waals surface area contributed by atoms with E-state index >= 15 is 0 Å². The van der Waals surface area contributed by atoms with Crippen molar-refractivity contribution < 1.29 is 88.0 Å². The number of likely N-dealkylation sites (tertiary alicyclic amines) is 1. The van der Waals surface area contributed by atoms with Gasteiger partial charge in [-0.05, 0) is 153 Å². The number of hydrogen-bond acceptors (Lipinski definition) is 26. The summed E-state index contributed by atoms with van der Waals surface area (Å²) in [6, 6.07) is 14.0. The number of carboxylic acids is 1. The Kier molecular flexibility index (Phi) is 26.8. The summed E-state index contributed by atoms with van der Waals surface area (Å²) >= 11 is 0. The monoisotopic (exact) mass is 1730 g/mol. The van der Waals surface area contributed by atoms with Crippen molar-refractivity contribution in [1.29, 1.82) is 0 Å². The molecule has 4 saturated carbocycles. The number of piperidine rings is 1. The quantitative estimate of drug-likeness (QED) is 0.0417. The van der Waals surface area contributed by atoms with Crippen molar-refractivity contribution in [2.45, 2.75) is 183 Å². The molecular weight excluding hydrogens is 1630 g/mol. The molecule has 0 atom stereocenters. The fourth-order valence-corrected chi connectivity index (χ4v) is 17.1. The summed E-state index contributed by atoms with van der Waals surface area (Å²) in [4.78, 5) is 132. The van der Waals surface area contributed by atoms with Crippen LogP contribution in [0.3, 0.4) is 0 Å². The van der Waals surface area contributed by atoms with Gasteiger partial charge in [-0.15, -0.1) is 0 Å². The maximum atomic E-state index is 14.8. The topological polar surface area (TPSA) is 348 Å². The van der Waals surface area contributed by atoms with E-state index in [4.69, 9.17) is 19.3 Å². The second-order valence-electron chi connectivity index (χ2n) is 32.4. The van der Waals surface area contributed by atoms with Crippen LogP contribution in [-0.2, 0) is 19.2 Å². The number of amides is 5. The van der Waals surface area contributed by atoms with Crippen molar-refractivity contribution in [2.75, 3.05) is 151 Å². The second kappa shape index (κ2) is 37.1. The zero-order valence-electron chi connectivity index (χ0n) is 70.5. The van der Waals surface area contributed by atoms with E-state index in [-0.39, 0.29) is 93.9 Å². The molecule has 40 heteroatoms. The second-order valence-corrected chi connectivity index (χ2v) is 32.4. The zero-order valence-corrected chi connectivity index (χ0v) is 70.5. The van der Waals surface area contributed by atoms with Gasteiger partial charge in [0.05, 0.1) is 94.9 Å². The highest BCUT2D eigenvalue weighted by molar-refractivity contribution is 6.05. The Balaban J connectivity index is 0.000000145. The molecular formula is C84H101F8N21O11. The first kappa shape index (κ1) is 89.6. The van der Waals surface area contributed by atoms with Crippen molar-refractivity contribution in [3.63, 3.8) is 0 Å². The molecule has 4 aliphatic carbocycles. The highest BCUT2D eigenvalue weighted by Crippen LogP contribution is 2.46. The molecule has 0 spiro atoms.